The molecule has 1 aliphatic rings. The van der Waals surface area contributed by atoms with Crippen LogP contribution >= 0.6 is 0 Å². The van der Waals surface area contributed by atoms with Crippen LogP contribution in [-0.4, -0.2) is 18.8 Å². The smallest absolute Gasteiger partial charge is 0.0831 e. The molecule has 17 heavy (non-hydrogen) atoms. The van der Waals surface area contributed by atoms with E-state index in [4.69, 9.17) is 10.5 Å². The lowest BCUT2D eigenvalue weighted by Gasteiger charge is -2.48. The van der Waals surface area contributed by atoms with E-state index in [2.05, 4.69) is 27.7 Å². The van der Waals surface area contributed by atoms with Crippen LogP contribution in [0, 0.1) is 11.3 Å². The number of hydrogen-bond donors (Lipinski definition) is 1. The van der Waals surface area contributed by atoms with Crippen molar-refractivity contribution in [3.05, 3.63) is 0 Å². The summed E-state index contributed by atoms with van der Waals surface area (Å²) in [7, 11) is 1.85. The molecule has 0 bridgehead atoms. The third kappa shape index (κ3) is 3.23. The monoisotopic (exact) mass is 241 g/mol. The van der Waals surface area contributed by atoms with Crippen molar-refractivity contribution in [2.24, 2.45) is 17.1 Å². The number of methoxy groups -OCH3 is 1. The third-order valence-corrected chi connectivity index (χ3v) is 5.02. The highest BCUT2D eigenvalue weighted by molar-refractivity contribution is 4.99. The molecule has 2 heteroatoms. The van der Waals surface area contributed by atoms with E-state index in [0.29, 0.717) is 11.3 Å². The Morgan fingerprint density at radius 3 is 1.88 bits per heavy atom. The molecule has 0 heterocycles. The van der Waals surface area contributed by atoms with Crippen LogP contribution < -0.4 is 5.73 Å². The van der Waals surface area contributed by atoms with Crippen LogP contribution in [0.4, 0.5) is 0 Å². The molecule has 0 aromatic carbocycles. The van der Waals surface area contributed by atoms with Gasteiger partial charge in [-0.3, -0.25) is 0 Å². The van der Waals surface area contributed by atoms with Crippen molar-refractivity contribution in [3.63, 3.8) is 0 Å². The minimum absolute atomic E-state index is 0.0633. The van der Waals surface area contributed by atoms with Gasteiger partial charge in [-0.15, -0.1) is 0 Å². The van der Waals surface area contributed by atoms with Crippen molar-refractivity contribution < 1.29 is 4.74 Å². The van der Waals surface area contributed by atoms with Gasteiger partial charge in [-0.2, -0.15) is 0 Å². The summed E-state index contributed by atoms with van der Waals surface area (Å²) in [5, 5.41) is 0. The quantitative estimate of drug-likeness (QED) is 0.796. The summed E-state index contributed by atoms with van der Waals surface area (Å²) in [6.07, 6.45) is 7.02. The molecule has 0 radical (unpaired) electrons. The lowest BCUT2D eigenvalue weighted by atomic mass is 9.66. The van der Waals surface area contributed by atoms with Gasteiger partial charge >= 0.3 is 0 Å². The highest BCUT2D eigenvalue weighted by atomic mass is 16.5. The average molecular weight is 241 g/mol. The first-order valence-electron chi connectivity index (χ1n) is 7.21. The van der Waals surface area contributed by atoms with Crippen LogP contribution in [0.15, 0.2) is 0 Å². The van der Waals surface area contributed by atoms with Gasteiger partial charge < -0.3 is 10.5 Å². The zero-order chi connectivity index (χ0) is 13.1. The predicted molar refractivity (Wildman–Crippen MR) is 74.0 cm³/mol. The number of nitrogens with two attached hydrogens (primary N) is 1. The van der Waals surface area contributed by atoms with Crippen LogP contribution in [-0.2, 0) is 4.74 Å². The van der Waals surface area contributed by atoms with Gasteiger partial charge in [-0.05, 0) is 37.0 Å². The third-order valence-electron chi connectivity index (χ3n) is 5.02. The Hall–Kier alpha value is -0.0800. The second-order valence-corrected chi connectivity index (χ2v) is 6.54. The van der Waals surface area contributed by atoms with Crippen LogP contribution in [0.1, 0.15) is 66.2 Å². The fourth-order valence-electron chi connectivity index (χ4n) is 3.25. The van der Waals surface area contributed by atoms with Gasteiger partial charge in [-0.25, -0.2) is 0 Å². The van der Waals surface area contributed by atoms with E-state index in [1.807, 2.05) is 7.11 Å². The summed E-state index contributed by atoms with van der Waals surface area (Å²) >= 11 is 0. The van der Waals surface area contributed by atoms with E-state index in [0.717, 1.165) is 25.7 Å². The van der Waals surface area contributed by atoms with Gasteiger partial charge in [0.25, 0.3) is 0 Å². The van der Waals surface area contributed by atoms with Gasteiger partial charge in [0, 0.05) is 13.2 Å². The van der Waals surface area contributed by atoms with Gasteiger partial charge in [0.2, 0.25) is 0 Å². The van der Waals surface area contributed by atoms with Crippen molar-refractivity contribution in [1.29, 1.82) is 0 Å². The molecule has 1 saturated carbocycles. The number of rotatable bonds is 5. The topological polar surface area (TPSA) is 35.2 Å². The molecule has 2 N–H and O–H groups in total. The molecule has 0 aromatic heterocycles. The lowest BCUT2D eigenvalue weighted by Crippen LogP contribution is -2.55. The van der Waals surface area contributed by atoms with Gasteiger partial charge in [-0.1, -0.05) is 40.5 Å². The van der Waals surface area contributed by atoms with Crippen molar-refractivity contribution in [2.45, 2.75) is 77.9 Å². The van der Waals surface area contributed by atoms with Crippen LogP contribution in [0.5, 0.6) is 0 Å². The Morgan fingerprint density at radius 2 is 1.53 bits per heavy atom. The predicted octanol–water partition coefficient (Wildman–Crippen LogP) is 3.74. The molecule has 2 nitrogen and oxygen atoms in total. The van der Waals surface area contributed by atoms with Gasteiger partial charge in [0.15, 0.2) is 0 Å². The molecule has 1 unspecified atom stereocenters. The second kappa shape index (κ2) is 5.71. The second-order valence-electron chi connectivity index (χ2n) is 6.54. The largest absolute Gasteiger partial charge is 0.377 e. The van der Waals surface area contributed by atoms with Crippen LogP contribution in [0.3, 0.4) is 0 Å². The van der Waals surface area contributed by atoms with Crippen molar-refractivity contribution in [2.75, 3.05) is 7.11 Å². The summed E-state index contributed by atoms with van der Waals surface area (Å²) in [5.74, 6) is 0.594. The van der Waals surface area contributed by atoms with Crippen molar-refractivity contribution in [3.8, 4) is 0 Å². The summed E-state index contributed by atoms with van der Waals surface area (Å²) in [4.78, 5) is 0. The zero-order valence-corrected chi connectivity index (χ0v) is 12.4. The maximum absolute atomic E-state index is 6.52. The highest BCUT2D eigenvalue weighted by Crippen LogP contribution is 2.44. The summed E-state index contributed by atoms with van der Waals surface area (Å²) in [6.45, 7) is 9.19. The molecule has 1 atom stereocenters. The fourth-order valence-corrected chi connectivity index (χ4v) is 3.25. The van der Waals surface area contributed by atoms with Crippen molar-refractivity contribution in [1.82, 2.24) is 0 Å². The standard InChI is InChI=1S/C15H31NO/c1-6-12(7-2)13(16)15(17-5)10-8-14(3,4)9-11-15/h12-13H,6-11,16H2,1-5H3. The molecule has 102 valence electrons. The summed E-state index contributed by atoms with van der Waals surface area (Å²) in [6, 6.07) is 0.193. The molecule has 0 saturated heterocycles. The minimum atomic E-state index is -0.0633. The fraction of sp³-hybridized carbons (Fsp3) is 1.00. The Bertz CT molecular complexity index is 223. The first-order valence-corrected chi connectivity index (χ1v) is 7.21. The Labute approximate surface area is 107 Å². The highest BCUT2D eigenvalue weighted by Gasteiger charge is 2.44. The van der Waals surface area contributed by atoms with Crippen LogP contribution in [0.2, 0.25) is 0 Å². The maximum Gasteiger partial charge on any atom is 0.0831 e. The van der Waals surface area contributed by atoms with Gasteiger partial charge in [0.1, 0.15) is 0 Å². The summed E-state index contributed by atoms with van der Waals surface area (Å²) in [5.41, 5.74) is 6.93. The molecular weight excluding hydrogens is 210 g/mol. The molecule has 0 spiro atoms. The molecule has 0 aromatic rings. The lowest BCUT2D eigenvalue weighted by molar-refractivity contribution is -0.0904. The molecule has 1 rings (SSSR count). The van der Waals surface area contributed by atoms with E-state index in [1.54, 1.807) is 0 Å². The van der Waals surface area contributed by atoms with E-state index in [-0.39, 0.29) is 11.6 Å². The van der Waals surface area contributed by atoms with E-state index in [9.17, 15) is 0 Å². The number of ether oxygens (including phenoxy) is 1. The van der Waals surface area contributed by atoms with Crippen LogP contribution in [0.25, 0.3) is 0 Å². The Kier molecular flexibility index (Phi) is 5.03. The first kappa shape index (κ1) is 15.0. The molecule has 1 aliphatic carbocycles. The van der Waals surface area contributed by atoms with E-state index >= 15 is 0 Å². The Morgan fingerprint density at radius 1 is 1.06 bits per heavy atom. The van der Waals surface area contributed by atoms with Gasteiger partial charge in [0.05, 0.1) is 5.60 Å². The normalized spacial score (nSPS) is 24.9. The minimum Gasteiger partial charge on any atom is -0.377 e. The molecule has 0 aliphatic heterocycles. The molecular formula is C15H31NO. The average Bonchev–Trinajstić information content (AvgIpc) is 2.31. The van der Waals surface area contributed by atoms with E-state index in [1.165, 1.54) is 12.8 Å². The maximum atomic E-state index is 6.52. The number of hydrogen-bond acceptors (Lipinski definition) is 2. The van der Waals surface area contributed by atoms with E-state index < -0.39 is 0 Å². The molecule has 1 fully saturated rings. The molecule has 0 amide bonds. The first-order chi connectivity index (χ1) is 7.90. The van der Waals surface area contributed by atoms with Crippen molar-refractivity contribution >= 4 is 0 Å². The SMILES string of the molecule is CCC(CC)C(N)C1(OC)CCC(C)(C)CC1. The summed E-state index contributed by atoms with van der Waals surface area (Å²) < 4.78 is 5.89. The zero-order valence-electron chi connectivity index (χ0n) is 12.4. The Balaban J connectivity index is 2.76.